The van der Waals surface area contributed by atoms with E-state index in [9.17, 15) is 4.79 Å². The van der Waals surface area contributed by atoms with Gasteiger partial charge in [0.2, 0.25) is 0 Å². The lowest BCUT2D eigenvalue weighted by Gasteiger charge is -2.32. The second-order valence-corrected chi connectivity index (χ2v) is 5.90. The highest BCUT2D eigenvalue weighted by Crippen LogP contribution is 2.28. The van der Waals surface area contributed by atoms with Crippen LogP contribution in [0, 0.1) is 5.92 Å². The van der Waals surface area contributed by atoms with Crippen LogP contribution in [0.2, 0.25) is 0 Å². The van der Waals surface area contributed by atoms with Crippen molar-refractivity contribution in [2.24, 2.45) is 5.92 Å². The molecule has 1 aromatic rings. The maximum atomic E-state index is 10.5. The number of hydrogen-bond acceptors (Lipinski definition) is 2. The molecule has 0 saturated carbocycles. The third kappa shape index (κ3) is 3.83. The molecular formula is C15H18BrNO2. The molecule has 0 aliphatic carbocycles. The number of carbonyl (C=O) groups is 1. The summed E-state index contributed by atoms with van der Waals surface area (Å²) in [7, 11) is 0. The van der Waals surface area contributed by atoms with Gasteiger partial charge in [0.25, 0.3) is 0 Å². The van der Waals surface area contributed by atoms with Gasteiger partial charge in [-0.3, -0.25) is 0 Å². The van der Waals surface area contributed by atoms with Gasteiger partial charge in [0, 0.05) is 29.3 Å². The maximum absolute atomic E-state index is 10.5. The van der Waals surface area contributed by atoms with Gasteiger partial charge >= 0.3 is 5.97 Å². The van der Waals surface area contributed by atoms with E-state index in [1.165, 1.54) is 18.5 Å². The summed E-state index contributed by atoms with van der Waals surface area (Å²) in [6.45, 7) is 4.49. The van der Waals surface area contributed by atoms with Crippen molar-refractivity contribution >= 4 is 33.7 Å². The van der Waals surface area contributed by atoms with Gasteiger partial charge in [0.05, 0.1) is 0 Å². The Hall–Kier alpha value is -1.29. The third-order valence-corrected chi connectivity index (χ3v) is 4.23. The van der Waals surface area contributed by atoms with Crippen molar-refractivity contribution in [3.8, 4) is 0 Å². The molecule has 0 radical (unpaired) electrons. The van der Waals surface area contributed by atoms with Crippen LogP contribution >= 0.6 is 15.9 Å². The molecule has 0 atom stereocenters. The van der Waals surface area contributed by atoms with Gasteiger partial charge in [-0.2, -0.15) is 0 Å². The molecule has 4 heteroatoms. The zero-order valence-corrected chi connectivity index (χ0v) is 12.6. The molecule has 0 amide bonds. The first-order valence-corrected chi connectivity index (χ1v) is 7.31. The van der Waals surface area contributed by atoms with Crippen LogP contribution in [0.1, 0.15) is 25.3 Å². The van der Waals surface area contributed by atoms with E-state index in [1.54, 1.807) is 6.08 Å². The van der Waals surface area contributed by atoms with E-state index in [0.29, 0.717) is 0 Å². The summed E-state index contributed by atoms with van der Waals surface area (Å²) < 4.78 is 0.932. The Morgan fingerprint density at radius 1 is 1.42 bits per heavy atom. The van der Waals surface area contributed by atoms with Crippen molar-refractivity contribution in [3.05, 3.63) is 34.3 Å². The molecule has 0 bridgehead atoms. The average Bonchev–Trinajstić information content (AvgIpc) is 2.38. The highest BCUT2D eigenvalue weighted by Gasteiger charge is 2.16. The van der Waals surface area contributed by atoms with Crippen LogP contribution in [0.5, 0.6) is 0 Å². The highest BCUT2D eigenvalue weighted by atomic mass is 79.9. The Kier molecular flexibility index (Phi) is 4.64. The molecule has 0 spiro atoms. The van der Waals surface area contributed by atoms with Gasteiger partial charge in [0.1, 0.15) is 0 Å². The van der Waals surface area contributed by atoms with E-state index in [2.05, 4.69) is 39.9 Å². The Balaban J connectivity index is 2.12. The van der Waals surface area contributed by atoms with E-state index in [4.69, 9.17) is 5.11 Å². The molecule has 1 aliphatic heterocycles. The summed E-state index contributed by atoms with van der Waals surface area (Å²) in [6.07, 6.45) is 5.23. The van der Waals surface area contributed by atoms with Crippen molar-refractivity contribution in [2.75, 3.05) is 18.0 Å². The molecule has 102 valence electrons. The monoisotopic (exact) mass is 323 g/mol. The highest BCUT2D eigenvalue weighted by molar-refractivity contribution is 9.10. The fourth-order valence-corrected chi connectivity index (χ4v) is 2.77. The topological polar surface area (TPSA) is 40.5 Å². The summed E-state index contributed by atoms with van der Waals surface area (Å²) in [5.74, 6) is -0.113. The number of carboxylic acids is 1. The first-order valence-electron chi connectivity index (χ1n) is 6.52. The van der Waals surface area contributed by atoms with Crippen molar-refractivity contribution in [1.82, 2.24) is 0 Å². The van der Waals surface area contributed by atoms with Gasteiger partial charge in [-0.05, 0) is 42.5 Å². The standard InChI is InChI=1S/C15H18BrNO2/c1-11-6-8-17(9-7-11)13-4-2-12(14(16)10-13)3-5-15(18)19/h2-5,10-11H,6-9H2,1H3,(H,18,19)/b5-3+. The van der Waals surface area contributed by atoms with Crippen molar-refractivity contribution in [3.63, 3.8) is 0 Å². The minimum Gasteiger partial charge on any atom is -0.478 e. The normalized spacial score (nSPS) is 17.1. The minimum atomic E-state index is -0.930. The van der Waals surface area contributed by atoms with Crippen LogP contribution in [-0.2, 0) is 4.79 Å². The Labute approximate surface area is 122 Å². The van der Waals surface area contributed by atoms with E-state index in [0.717, 1.165) is 35.1 Å². The molecule has 1 N–H and O–H groups in total. The third-order valence-electron chi connectivity index (χ3n) is 3.54. The largest absolute Gasteiger partial charge is 0.478 e. The zero-order valence-electron chi connectivity index (χ0n) is 11.0. The Morgan fingerprint density at radius 3 is 2.68 bits per heavy atom. The van der Waals surface area contributed by atoms with Crippen molar-refractivity contribution < 1.29 is 9.90 Å². The van der Waals surface area contributed by atoms with Crippen LogP contribution in [-0.4, -0.2) is 24.2 Å². The van der Waals surface area contributed by atoms with Crippen molar-refractivity contribution in [2.45, 2.75) is 19.8 Å². The number of nitrogens with zero attached hydrogens (tertiary/aromatic N) is 1. The van der Waals surface area contributed by atoms with E-state index >= 15 is 0 Å². The number of halogens is 1. The second kappa shape index (κ2) is 6.24. The SMILES string of the molecule is CC1CCN(c2ccc(/C=C/C(=O)O)c(Br)c2)CC1. The molecule has 1 aromatic carbocycles. The van der Waals surface area contributed by atoms with Gasteiger partial charge in [-0.25, -0.2) is 4.79 Å². The number of carboxylic acid groups (broad SMARTS) is 1. The summed E-state index contributed by atoms with van der Waals surface area (Å²) in [6, 6.07) is 6.08. The number of benzene rings is 1. The van der Waals surface area contributed by atoms with Gasteiger partial charge < -0.3 is 10.0 Å². The van der Waals surface area contributed by atoms with Crippen LogP contribution in [0.3, 0.4) is 0 Å². The maximum Gasteiger partial charge on any atom is 0.328 e. The summed E-state index contributed by atoms with van der Waals surface area (Å²) in [4.78, 5) is 12.9. The molecule has 1 saturated heterocycles. The van der Waals surface area contributed by atoms with Gasteiger partial charge in [-0.1, -0.05) is 28.9 Å². The minimum absolute atomic E-state index is 0.817. The molecule has 0 unspecified atom stereocenters. The summed E-state index contributed by atoms with van der Waals surface area (Å²) >= 11 is 3.50. The van der Waals surface area contributed by atoms with Gasteiger partial charge in [0.15, 0.2) is 0 Å². The fourth-order valence-electron chi connectivity index (χ4n) is 2.28. The van der Waals surface area contributed by atoms with E-state index in [-0.39, 0.29) is 0 Å². The van der Waals surface area contributed by atoms with Crippen LogP contribution in [0.25, 0.3) is 6.08 Å². The van der Waals surface area contributed by atoms with E-state index < -0.39 is 5.97 Å². The second-order valence-electron chi connectivity index (χ2n) is 5.05. The molecule has 3 nitrogen and oxygen atoms in total. The number of piperidine rings is 1. The van der Waals surface area contributed by atoms with Crippen LogP contribution in [0.4, 0.5) is 5.69 Å². The smallest absolute Gasteiger partial charge is 0.328 e. The van der Waals surface area contributed by atoms with Crippen LogP contribution < -0.4 is 4.90 Å². The number of aliphatic carboxylic acids is 1. The fraction of sp³-hybridized carbons (Fsp3) is 0.400. The molecular weight excluding hydrogens is 306 g/mol. The van der Waals surface area contributed by atoms with Crippen molar-refractivity contribution in [1.29, 1.82) is 0 Å². The molecule has 2 rings (SSSR count). The molecule has 0 aromatic heterocycles. The summed E-state index contributed by atoms with van der Waals surface area (Å²) in [5, 5.41) is 8.64. The van der Waals surface area contributed by atoms with Crippen LogP contribution in [0.15, 0.2) is 28.7 Å². The quantitative estimate of drug-likeness (QED) is 0.860. The molecule has 1 heterocycles. The lowest BCUT2D eigenvalue weighted by Crippen LogP contribution is -2.32. The van der Waals surface area contributed by atoms with Gasteiger partial charge in [-0.15, -0.1) is 0 Å². The summed E-state index contributed by atoms with van der Waals surface area (Å²) in [5.41, 5.74) is 2.09. The number of hydrogen-bond donors (Lipinski definition) is 1. The first-order chi connectivity index (χ1) is 9.06. The number of anilines is 1. The molecule has 1 aliphatic rings. The Bertz CT molecular complexity index is 491. The molecule has 19 heavy (non-hydrogen) atoms. The first kappa shape index (κ1) is 14.1. The number of rotatable bonds is 3. The predicted octanol–water partition coefficient (Wildman–Crippen LogP) is 3.78. The molecule has 1 fully saturated rings. The lowest BCUT2D eigenvalue weighted by molar-refractivity contribution is -0.131. The van der Waals surface area contributed by atoms with E-state index in [1.807, 2.05) is 6.07 Å². The zero-order chi connectivity index (χ0) is 13.8. The predicted molar refractivity (Wildman–Crippen MR) is 81.4 cm³/mol. The Morgan fingerprint density at radius 2 is 2.11 bits per heavy atom. The average molecular weight is 324 g/mol. The lowest BCUT2D eigenvalue weighted by atomic mass is 9.98.